The van der Waals surface area contributed by atoms with Crippen LogP contribution in [0.2, 0.25) is 0 Å². The Hall–Kier alpha value is -2.80. The molecule has 0 spiro atoms. The monoisotopic (exact) mass is 316 g/mol. The Kier molecular flexibility index (Phi) is 4.80. The van der Waals surface area contributed by atoms with Crippen LogP contribution in [0.5, 0.6) is 0 Å². The first kappa shape index (κ1) is 15.6. The molecule has 0 atom stereocenters. The Morgan fingerprint density at radius 1 is 1.18 bits per heavy atom. The van der Waals surface area contributed by atoms with Gasteiger partial charge in [-0.2, -0.15) is 0 Å². The SMILES string of the molecule is CC(=O)c1ccc(NC(=O)/C=C/c2ccc([N+](=O)[O-])s2)cc1. The normalized spacial score (nSPS) is 10.6. The molecule has 6 nitrogen and oxygen atoms in total. The van der Waals surface area contributed by atoms with Gasteiger partial charge in [-0.3, -0.25) is 19.7 Å². The fourth-order valence-electron chi connectivity index (χ4n) is 1.66. The Balaban J connectivity index is 1.98. The highest BCUT2D eigenvalue weighted by Crippen LogP contribution is 2.24. The molecule has 0 bridgehead atoms. The molecule has 112 valence electrons. The summed E-state index contributed by atoms with van der Waals surface area (Å²) in [5.74, 6) is -0.399. The van der Waals surface area contributed by atoms with Gasteiger partial charge >= 0.3 is 5.00 Å². The number of Topliss-reactive ketones (excluding diaryl/α,β-unsaturated/α-hetero) is 1. The largest absolute Gasteiger partial charge is 0.324 e. The molecule has 1 heterocycles. The smallest absolute Gasteiger partial charge is 0.323 e. The maximum absolute atomic E-state index is 11.8. The average molecular weight is 316 g/mol. The molecule has 0 aliphatic carbocycles. The molecule has 0 aliphatic rings. The predicted molar refractivity (Wildman–Crippen MR) is 85.1 cm³/mol. The fourth-order valence-corrected chi connectivity index (χ4v) is 2.38. The van der Waals surface area contributed by atoms with Crippen LogP contribution in [0.3, 0.4) is 0 Å². The van der Waals surface area contributed by atoms with Crippen LogP contribution < -0.4 is 5.32 Å². The molecule has 1 amide bonds. The number of nitro groups is 1. The van der Waals surface area contributed by atoms with E-state index in [1.54, 1.807) is 30.3 Å². The topological polar surface area (TPSA) is 89.3 Å². The molecule has 0 saturated carbocycles. The Bertz CT molecular complexity index is 747. The van der Waals surface area contributed by atoms with E-state index in [-0.39, 0.29) is 16.7 Å². The molecule has 1 aromatic heterocycles. The zero-order chi connectivity index (χ0) is 16.1. The molecule has 2 rings (SSSR count). The summed E-state index contributed by atoms with van der Waals surface area (Å²) in [7, 11) is 0. The molecular formula is C15H12N2O4S. The first-order valence-electron chi connectivity index (χ1n) is 6.30. The lowest BCUT2D eigenvalue weighted by atomic mass is 10.1. The standard InChI is InChI=1S/C15H12N2O4S/c1-10(18)11-2-4-12(5-3-11)16-14(19)8-6-13-7-9-15(22-13)17(20)21/h2-9H,1H3,(H,16,19)/b8-6+. The van der Waals surface area contributed by atoms with Crippen LogP contribution in [0, 0.1) is 10.1 Å². The number of amides is 1. The third kappa shape index (κ3) is 4.10. The molecule has 0 saturated heterocycles. The lowest BCUT2D eigenvalue weighted by Crippen LogP contribution is -2.07. The molecular weight excluding hydrogens is 304 g/mol. The first-order chi connectivity index (χ1) is 10.5. The molecule has 22 heavy (non-hydrogen) atoms. The van der Waals surface area contributed by atoms with Crippen molar-refractivity contribution in [2.75, 3.05) is 5.32 Å². The summed E-state index contributed by atoms with van der Waals surface area (Å²) in [6.07, 6.45) is 2.81. The van der Waals surface area contributed by atoms with Crippen LogP contribution in [0.15, 0.2) is 42.5 Å². The minimum atomic E-state index is -0.474. The van der Waals surface area contributed by atoms with Gasteiger partial charge in [-0.15, -0.1) is 0 Å². The Labute approximate surface area is 130 Å². The van der Waals surface area contributed by atoms with Crippen molar-refractivity contribution in [3.63, 3.8) is 0 Å². The third-order valence-electron chi connectivity index (χ3n) is 2.75. The lowest BCUT2D eigenvalue weighted by molar-refractivity contribution is -0.380. The quantitative estimate of drug-likeness (QED) is 0.395. The molecule has 0 fully saturated rings. The summed E-state index contributed by atoms with van der Waals surface area (Å²) in [5.41, 5.74) is 1.14. The molecule has 7 heteroatoms. The zero-order valence-electron chi connectivity index (χ0n) is 11.6. The summed E-state index contributed by atoms with van der Waals surface area (Å²) >= 11 is 0.991. The van der Waals surface area contributed by atoms with Crippen LogP contribution in [0.4, 0.5) is 10.7 Å². The van der Waals surface area contributed by atoms with E-state index in [0.29, 0.717) is 16.1 Å². The van der Waals surface area contributed by atoms with E-state index >= 15 is 0 Å². The average Bonchev–Trinajstić information content (AvgIpc) is 2.95. The number of hydrogen-bond donors (Lipinski definition) is 1. The summed E-state index contributed by atoms with van der Waals surface area (Å²) < 4.78 is 0. The molecule has 0 unspecified atom stereocenters. The third-order valence-corrected chi connectivity index (χ3v) is 3.75. The second-order valence-corrected chi connectivity index (χ2v) is 5.48. The number of nitrogens with zero attached hydrogens (tertiary/aromatic N) is 1. The summed E-state index contributed by atoms with van der Waals surface area (Å²) in [6.45, 7) is 1.47. The van der Waals surface area contributed by atoms with E-state index in [4.69, 9.17) is 0 Å². The number of benzene rings is 1. The highest BCUT2D eigenvalue weighted by Gasteiger charge is 2.08. The van der Waals surface area contributed by atoms with Gasteiger partial charge in [-0.25, -0.2) is 0 Å². The fraction of sp³-hybridized carbons (Fsp3) is 0.0667. The van der Waals surface area contributed by atoms with E-state index in [9.17, 15) is 19.7 Å². The van der Waals surface area contributed by atoms with E-state index in [2.05, 4.69) is 5.32 Å². The number of nitrogens with one attached hydrogen (secondary N) is 1. The lowest BCUT2D eigenvalue weighted by Gasteiger charge is -2.02. The maximum Gasteiger partial charge on any atom is 0.324 e. The number of carbonyl (C=O) groups excluding carboxylic acids is 2. The Morgan fingerprint density at radius 2 is 1.86 bits per heavy atom. The number of rotatable bonds is 5. The van der Waals surface area contributed by atoms with Crippen LogP contribution >= 0.6 is 11.3 Å². The van der Waals surface area contributed by atoms with E-state index in [1.807, 2.05) is 0 Å². The number of carbonyl (C=O) groups is 2. The van der Waals surface area contributed by atoms with E-state index in [0.717, 1.165) is 11.3 Å². The van der Waals surface area contributed by atoms with Crippen LogP contribution in [-0.4, -0.2) is 16.6 Å². The summed E-state index contributed by atoms with van der Waals surface area (Å²) in [5, 5.41) is 13.2. The van der Waals surface area contributed by atoms with Gasteiger partial charge in [0.2, 0.25) is 5.91 Å². The summed E-state index contributed by atoms with van der Waals surface area (Å²) in [6, 6.07) is 9.50. The zero-order valence-corrected chi connectivity index (χ0v) is 12.4. The van der Waals surface area contributed by atoms with Crippen molar-refractivity contribution < 1.29 is 14.5 Å². The van der Waals surface area contributed by atoms with Crippen molar-refractivity contribution in [1.29, 1.82) is 0 Å². The van der Waals surface area contributed by atoms with Crippen molar-refractivity contribution in [3.8, 4) is 0 Å². The van der Waals surface area contributed by atoms with Crippen LogP contribution in [0.25, 0.3) is 6.08 Å². The first-order valence-corrected chi connectivity index (χ1v) is 7.11. The van der Waals surface area contributed by atoms with Crippen molar-refractivity contribution in [1.82, 2.24) is 0 Å². The van der Waals surface area contributed by atoms with Gasteiger partial charge in [0, 0.05) is 28.3 Å². The number of anilines is 1. The van der Waals surface area contributed by atoms with E-state index < -0.39 is 4.92 Å². The molecule has 0 aliphatic heterocycles. The van der Waals surface area contributed by atoms with Gasteiger partial charge in [0.05, 0.1) is 4.92 Å². The van der Waals surface area contributed by atoms with Gasteiger partial charge in [-0.05, 0) is 43.3 Å². The van der Waals surface area contributed by atoms with Gasteiger partial charge in [0.25, 0.3) is 0 Å². The van der Waals surface area contributed by atoms with Gasteiger partial charge < -0.3 is 5.32 Å². The molecule has 0 radical (unpaired) electrons. The van der Waals surface area contributed by atoms with Gasteiger partial charge in [0.15, 0.2) is 5.78 Å². The minimum absolute atomic E-state index is 0.0277. The van der Waals surface area contributed by atoms with Crippen LogP contribution in [0.1, 0.15) is 22.2 Å². The van der Waals surface area contributed by atoms with Crippen molar-refractivity contribution in [2.24, 2.45) is 0 Å². The molecule has 2 aromatic rings. The van der Waals surface area contributed by atoms with Gasteiger partial charge in [0.1, 0.15) is 0 Å². The van der Waals surface area contributed by atoms with Crippen LogP contribution in [-0.2, 0) is 4.79 Å². The second kappa shape index (κ2) is 6.77. The summed E-state index contributed by atoms with van der Waals surface area (Å²) in [4.78, 5) is 33.6. The Morgan fingerprint density at radius 3 is 2.41 bits per heavy atom. The van der Waals surface area contributed by atoms with Crippen molar-refractivity contribution in [3.05, 3.63) is 63.0 Å². The second-order valence-electron chi connectivity index (χ2n) is 4.39. The van der Waals surface area contributed by atoms with Crippen molar-refractivity contribution in [2.45, 2.75) is 6.92 Å². The number of thiophene rings is 1. The van der Waals surface area contributed by atoms with Crippen molar-refractivity contribution >= 4 is 39.8 Å². The predicted octanol–water partition coefficient (Wildman–Crippen LogP) is 3.51. The highest BCUT2D eigenvalue weighted by molar-refractivity contribution is 7.16. The van der Waals surface area contributed by atoms with E-state index in [1.165, 1.54) is 25.1 Å². The molecule has 1 N–H and O–H groups in total. The van der Waals surface area contributed by atoms with Gasteiger partial charge in [-0.1, -0.05) is 11.3 Å². The molecule has 1 aromatic carbocycles. The minimum Gasteiger partial charge on any atom is -0.323 e. The maximum atomic E-state index is 11.8. The number of ketones is 1. The highest BCUT2D eigenvalue weighted by atomic mass is 32.1. The number of hydrogen-bond acceptors (Lipinski definition) is 5.